The number of aromatic hydroxyl groups is 2. The van der Waals surface area contributed by atoms with Crippen molar-refractivity contribution < 1.29 is 20.1 Å². The molecule has 0 aliphatic heterocycles. The van der Waals surface area contributed by atoms with E-state index >= 15 is 0 Å². The number of benzene rings is 2. The smallest absolute Gasteiger partial charge is 0.339 e. The highest BCUT2D eigenvalue weighted by atomic mass is 16.4. The normalized spacial score (nSPS) is 9.17. The van der Waals surface area contributed by atoms with Crippen molar-refractivity contribution in [3.63, 3.8) is 0 Å². The van der Waals surface area contributed by atoms with Crippen molar-refractivity contribution in [1.82, 2.24) is 0 Å². The minimum absolute atomic E-state index is 0.0671. The number of carboxylic acids is 1. The minimum atomic E-state index is -1.11. The second-order valence-electron chi connectivity index (χ2n) is 3.66. The molecule has 4 nitrogen and oxygen atoms in total. The molecule has 0 fully saturated rings. The topological polar surface area (TPSA) is 77.8 Å². The molecule has 0 amide bonds. The van der Waals surface area contributed by atoms with Gasteiger partial charge in [0.1, 0.15) is 17.1 Å². The second kappa shape index (κ2) is 6.30. The number of aryl methyl sites for hydroxylation is 1. The van der Waals surface area contributed by atoms with E-state index < -0.39 is 5.97 Å². The molecular formula is C14H14O4. The summed E-state index contributed by atoms with van der Waals surface area (Å²) in [7, 11) is 0. The number of hydrogen-bond acceptors (Lipinski definition) is 3. The van der Waals surface area contributed by atoms with Gasteiger partial charge in [-0.15, -0.1) is 0 Å². The Hall–Kier alpha value is -2.49. The van der Waals surface area contributed by atoms with E-state index in [2.05, 4.69) is 0 Å². The van der Waals surface area contributed by atoms with Crippen molar-refractivity contribution in [2.75, 3.05) is 0 Å². The first kappa shape index (κ1) is 13.6. The Morgan fingerprint density at radius 2 is 1.67 bits per heavy atom. The number of phenols is 2. The van der Waals surface area contributed by atoms with E-state index in [-0.39, 0.29) is 11.3 Å². The molecule has 2 rings (SSSR count). The maximum Gasteiger partial charge on any atom is 0.339 e. The molecule has 0 aromatic heterocycles. The molecule has 2 aromatic rings. The van der Waals surface area contributed by atoms with Crippen molar-refractivity contribution in [2.45, 2.75) is 6.92 Å². The van der Waals surface area contributed by atoms with E-state index in [0.29, 0.717) is 5.75 Å². The van der Waals surface area contributed by atoms with Gasteiger partial charge in [-0.1, -0.05) is 24.3 Å². The summed E-state index contributed by atoms with van der Waals surface area (Å²) in [4.78, 5) is 10.3. The van der Waals surface area contributed by atoms with Gasteiger partial charge < -0.3 is 15.3 Å². The third kappa shape index (κ3) is 4.17. The Kier molecular flexibility index (Phi) is 4.75. The first-order valence-electron chi connectivity index (χ1n) is 5.27. The lowest BCUT2D eigenvalue weighted by Crippen LogP contribution is -1.95. The largest absolute Gasteiger partial charge is 0.508 e. The summed E-state index contributed by atoms with van der Waals surface area (Å²) in [6, 6.07) is 13.0. The molecule has 18 heavy (non-hydrogen) atoms. The first-order valence-corrected chi connectivity index (χ1v) is 5.27. The Morgan fingerprint density at radius 3 is 2.06 bits per heavy atom. The molecule has 94 valence electrons. The van der Waals surface area contributed by atoms with Gasteiger partial charge in [-0.3, -0.25) is 0 Å². The lowest BCUT2D eigenvalue weighted by molar-refractivity contribution is 0.0693. The maximum atomic E-state index is 10.3. The summed E-state index contributed by atoms with van der Waals surface area (Å²) in [6.07, 6.45) is 0. The average molecular weight is 246 g/mol. The van der Waals surface area contributed by atoms with E-state index in [9.17, 15) is 4.79 Å². The fraction of sp³-hybridized carbons (Fsp3) is 0.0714. The molecule has 2 aromatic carbocycles. The molecule has 0 heterocycles. The number of carbonyl (C=O) groups is 1. The van der Waals surface area contributed by atoms with Crippen molar-refractivity contribution >= 4 is 5.97 Å². The van der Waals surface area contributed by atoms with Gasteiger partial charge >= 0.3 is 5.97 Å². The van der Waals surface area contributed by atoms with Crippen molar-refractivity contribution in [2.24, 2.45) is 0 Å². The van der Waals surface area contributed by atoms with E-state index in [1.807, 2.05) is 19.1 Å². The summed E-state index contributed by atoms with van der Waals surface area (Å²) in [5.41, 5.74) is 1.02. The number of rotatable bonds is 1. The lowest BCUT2D eigenvalue weighted by atomic mass is 10.2. The van der Waals surface area contributed by atoms with Crippen LogP contribution < -0.4 is 0 Å². The average Bonchev–Trinajstić information content (AvgIpc) is 2.29. The van der Waals surface area contributed by atoms with Gasteiger partial charge in [0.2, 0.25) is 0 Å². The second-order valence-corrected chi connectivity index (χ2v) is 3.66. The van der Waals surface area contributed by atoms with Crippen molar-refractivity contribution in [3.05, 3.63) is 59.7 Å². The standard InChI is InChI=1S/C7H6O3.C7H8O/c8-6-4-2-1-3-5(6)7(9)10;1-6-3-2-4-7(8)5-6/h1-4,8H,(H,9,10);2-5,8H,1H3. The van der Waals surface area contributed by atoms with Crippen LogP contribution in [0.4, 0.5) is 0 Å². The third-order valence-electron chi connectivity index (χ3n) is 2.14. The summed E-state index contributed by atoms with van der Waals surface area (Å²) in [5.74, 6) is -0.974. The molecule has 0 radical (unpaired) electrons. The summed E-state index contributed by atoms with van der Waals surface area (Å²) in [6.45, 7) is 1.94. The van der Waals surface area contributed by atoms with E-state index in [1.165, 1.54) is 12.1 Å². The van der Waals surface area contributed by atoms with Crippen LogP contribution in [0.25, 0.3) is 0 Å². The van der Waals surface area contributed by atoms with Crippen molar-refractivity contribution in [3.8, 4) is 11.5 Å². The molecule has 0 atom stereocenters. The van der Waals surface area contributed by atoms with Crippen LogP contribution in [0.3, 0.4) is 0 Å². The van der Waals surface area contributed by atoms with Gasteiger partial charge in [0.15, 0.2) is 0 Å². The zero-order chi connectivity index (χ0) is 13.5. The maximum absolute atomic E-state index is 10.3. The summed E-state index contributed by atoms with van der Waals surface area (Å²) < 4.78 is 0. The number of phenolic OH excluding ortho intramolecular Hbond substituents is 1. The van der Waals surface area contributed by atoms with Crippen molar-refractivity contribution in [1.29, 1.82) is 0 Å². The van der Waals surface area contributed by atoms with E-state index in [1.54, 1.807) is 24.3 Å². The predicted molar refractivity (Wildman–Crippen MR) is 67.9 cm³/mol. The summed E-state index contributed by atoms with van der Waals surface area (Å²) >= 11 is 0. The Morgan fingerprint density at radius 1 is 1.00 bits per heavy atom. The van der Waals surface area contributed by atoms with Crippen LogP contribution in [0.1, 0.15) is 15.9 Å². The van der Waals surface area contributed by atoms with Gasteiger partial charge in [0, 0.05) is 0 Å². The van der Waals surface area contributed by atoms with Crippen LogP contribution >= 0.6 is 0 Å². The quantitative estimate of drug-likeness (QED) is 0.723. The molecule has 0 spiro atoms. The SMILES string of the molecule is Cc1cccc(O)c1.O=C(O)c1ccccc1O. The molecule has 0 aliphatic carbocycles. The monoisotopic (exact) mass is 246 g/mol. The van der Waals surface area contributed by atoms with Crippen LogP contribution in [0, 0.1) is 6.92 Å². The molecule has 0 saturated carbocycles. The van der Waals surface area contributed by atoms with Gasteiger partial charge in [-0.05, 0) is 36.8 Å². The molecule has 0 saturated heterocycles. The van der Waals surface area contributed by atoms with Crippen LogP contribution in [-0.2, 0) is 0 Å². The fourth-order valence-corrected chi connectivity index (χ4v) is 1.28. The number of carboxylic acid groups (broad SMARTS) is 1. The molecule has 4 heteroatoms. The zero-order valence-electron chi connectivity index (χ0n) is 9.87. The number of hydrogen-bond donors (Lipinski definition) is 3. The van der Waals surface area contributed by atoms with Crippen LogP contribution in [0.15, 0.2) is 48.5 Å². The van der Waals surface area contributed by atoms with Crippen LogP contribution in [0.5, 0.6) is 11.5 Å². The Labute approximate surface area is 105 Å². The highest BCUT2D eigenvalue weighted by Gasteiger charge is 2.05. The zero-order valence-corrected chi connectivity index (χ0v) is 9.87. The first-order chi connectivity index (χ1) is 8.50. The van der Waals surface area contributed by atoms with E-state index in [0.717, 1.165) is 5.56 Å². The highest BCUT2D eigenvalue weighted by molar-refractivity contribution is 5.90. The lowest BCUT2D eigenvalue weighted by Gasteiger charge is -1.95. The third-order valence-corrected chi connectivity index (χ3v) is 2.14. The Bertz CT molecular complexity index is 518. The Balaban J connectivity index is 0.000000184. The van der Waals surface area contributed by atoms with Gasteiger partial charge in [-0.25, -0.2) is 4.79 Å². The number of para-hydroxylation sites is 1. The predicted octanol–water partition coefficient (Wildman–Crippen LogP) is 2.79. The highest BCUT2D eigenvalue weighted by Crippen LogP contribution is 2.14. The molecule has 0 aliphatic rings. The van der Waals surface area contributed by atoms with E-state index in [4.69, 9.17) is 15.3 Å². The van der Waals surface area contributed by atoms with Gasteiger partial charge in [0.25, 0.3) is 0 Å². The van der Waals surface area contributed by atoms with Gasteiger partial charge in [0.05, 0.1) is 0 Å². The summed E-state index contributed by atoms with van der Waals surface area (Å²) in [5, 5.41) is 26.1. The minimum Gasteiger partial charge on any atom is -0.508 e. The molecule has 0 bridgehead atoms. The molecule has 0 unspecified atom stereocenters. The number of aromatic carboxylic acids is 1. The molecular weight excluding hydrogens is 232 g/mol. The van der Waals surface area contributed by atoms with Gasteiger partial charge in [-0.2, -0.15) is 0 Å². The molecule has 3 N–H and O–H groups in total. The van der Waals surface area contributed by atoms with Crippen LogP contribution in [-0.4, -0.2) is 21.3 Å². The van der Waals surface area contributed by atoms with Crippen LogP contribution in [0.2, 0.25) is 0 Å². The fourth-order valence-electron chi connectivity index (χ4n) is 1.28.